The summed E-state index contributed by atoms with van der Waals surface area (Å²) in [7, 11) is 0. The number of ether oxygens (including phenoxy) is 1. The summed E-state index contributed by atoms with van der Waals surface area (Å²) < 4.78 is 5.26. The van der Waals surface area contributed by atoms with Crippen LogP contribution in [0, 0.1) is 0 Å². The summed E-state index contributed by atoms with van der Waals surface area (Å²) in [5.74, 6) is 1.31. The third-order valence-corrected chi connectivity index (χ3v) is 3.56. The van der Waals surface area contributed by atoms with E-state index in [-0.39, 0.29) is 0 Å². The first-order valence-corrected chi connectivity index (χ1v) is 5.82. The molecule has 1 fully saturated rings. The zero-order valence-electron chi connectivity index (χ0n) is 8.01. The first kappa shape index (κ1) is 10.4. The van der Waals surface area contributed by atoms with Crippen molar-refractivity contribution in [3.05, 3.63) is 0 Å². The Kier molecular flexibility index (Phi) is 5.04. The maximum absolute atomic E-state index is 5.26. The summed E-state index contributed by atoms with van der Waals surface area (Å²) in [4.78, 5) is 0. The molecule has 1 saturated heterocycles. The second-order valence-electron chi connectivity index (χ2n) is 3.12. The van der Waals surface area contributed by atoms with Crippen molar-refractivity contribution < 1.29 is 4.74 Å². The van der Waals surface area contributed by atoms with E-state index in [1.807, 2.05) is 6.92 Å². The summed E-state index contributed by atoms with van der Waals surface area (Å²) in [5.41, 5.74) is 0. The Balaban J connectivity index is 1.98. The Labute approximate surface area is 79.4 Å². The number of rotatable bonds is 5. The molecule has 0 radical (unpaired) electrons. The Morgan fingerprint density at radius 3 is 3.00 bits per heavy atom. The van der Waals surface area contributed by atoms with Crippen molar-refractivity contribution in [1.82, 2.24) is 5.32 Å². The molecule has 12 heavy (non-hydrogen) atoms. The minimum absolute atomic E-state index is 0.718. The van der Waals surface area contributed by atoms with E-state index in [4.69, 9.17) is 4.74 Å². The second-order valence-corrected chi connectivity index (χ2v) is 4.61. The molecular weight excluding hydrogens is 170 g/mol. The van der Waals surface area contributed by atoms with Crippen LogP contribution < -0.4 is 5.32 Å². The molecule has 0 bridgehead atoms. The summed E-state index contributed by atoms with van der Waals surface area (Å²) in [6.45, 7) is 7.02. The molecule has 3 heteroatoms. The monoisotopic (exact) mass is 189 g/mol. The van der Waals surface area contributed by atoms with Crippen LogP contribution in [0.4, 0.5) is 0 Å². The fraction of sp³-hybridized carbons (Fsp3) is 1.00. The molecule has 0 aromatic heterocycles. The van der Waals surface area contributed by atoms with E-state index in [0.717, 1.165) is 31.1 Å². The molecule has 1 aliphatic rings. The number of hydrogen-bond acceptors (Lipinski definition) is 3. The van der Waals surface area contributed by atoms with Crippen LogP contribution in [0.5, 0.6) is 0 Å². The molecule has 0 aliphatic carbocycles. The van der Waals surface area contributed by atoms with Crippen LogP contribution in [0.1, 0.15) is 20.3 Å². The average Bonchev–Trinajstić information content (AvgIpc) is 2.46. The highest BCUT2D eigenvalue weighted by molar-refractivity contribution is 8.00. The topological polar surface area (TPSA) is 21.3 Å². The Hall–Kier alpha value is 0.270. The lowest BCUT2D eigenvalue weighted by atomic mass is 10.2. The van der Waals surface area contributed by atoms with Gasteiger partial charge in [-0.15, -0.1) is 0 Å². The maximum atomic E-state index is 5.26. The predicted octanol–water partition coefficient (Wildman–Crippen LogP) is 1.51. The molecule has 0 amide bonds. The van der Waals surface area contributed by atoms with Gasteiger partial charge < -0.3 is 10.1 Å². The van der Waals surface area contributed by atoms with Crippen LogP contribution in [0.15, 0.2) is 0 Å². The average molecular weight is 189 g/mol. The molecule has 0 aromatic carbocycles. The zero-order chi connectivity index (χ0) is 8.81. The van der Waals surface area contributed by atoms with Gasteiger partial charge in [-0.2, -0.15) is 11.8 Å². The van der Waals surface area contributed by atoms with Crippen molar-refractivity contribution in [2.24, 2.45) is 0 Å². The van der Waals surface area contributed by atoms with Gasteiger partial charge in [0.15, 0.2) is 0 Å². The lowest BCUT2D eigenvalue weighted by Gasteiger charge is -2.15. The van der Waals surface area contributed by atoms with Gasteiger partial charge in [0.2, 0.25) is 0 Å². The molecule has 2 unspecified atom stereocenters. The lowest BCUT2D eigenvalue weighted by molar-refractivity contribution is 0.147. The number of thioether (sulfide) groups is 1. The minimum Gasteiger partial charge on any atom is -0.380 e. The summed E-state index contributed by atoms with van der Waals surface area (Å²) in [6, 6.07) is 0.718. The largest absolute Gasteiger partial charge is 0.380 e. The van der Waals surface area contributed by atoms with Gasteiger partial charge in [0.05, 0.1) is 6.61 Å². The van der Waals surface area contributed by atoms with Gasteiger partial charge in [-0.25, -0.2) is 0 Å². The van der Waals surface area contributed by atoms with E-state index in [1.54, 1.807) is 0 Å². The van der Waals surface area contributed by atoms with Crippen molar-refractivity contribution in [1.29, 1.82) is 0 Å². The van der Waals surface area contributed by atoms with Crippen LogP contribution in [0.2, 0.25) is 0 Å². The van der Waals surface area contributed by atoms with Crippen molar-refractivity contribution in [2.45, 2.75) is 31.6 Å². The molecule has 0 saturated carbocycles. The van der Waals surface area contributed by atoms with E-state index < -0.39 is 0 Å². The van der Waals surface area contributed by atoms with E-state index in [0.29, 0.717) is 0 Å². The lowest BCUT2D eigenvalue weighted by Crippen LogP contribution is -2.35. The smallest absolute Gasteiger partial charge is 0.0590 e. The van der Waals surface area contributed by atoms with Crippen molar-refractivity contribution in [3.8, 4) is 0 Å². The van der Waals surface area contributed by atoms with Gasteiger partial charge in [-0.3, -0.25) is 0 Å². The molecule has 0 aromatic rings. The molecule has 2 nitrogen and oxygen atoms in total. The highest BCUT2D eigenvalue weighted by atomic mass is 32.2. The number of hydrogen-bond donors (Lipinski definition) is 1. The molecule has 1 N–H and O–H groups in total. The first-order valence-electron chi connectivity index (χ1n) is 4.77. The first-order chi connectivity index (χ1) is 5.84. The Morgan fingerprint density at radius 2 is 2.42 bits per heavy atom. The summed E-state index contributed by atoms with van der Waals surface area (Å²) in [6.07, 6.45) is 1.32. The minimum atomic E-state index is 0.718. The van der Waals surface area contributed by atoms with Crippen LogP contribution in [0.25, 0.3) is 0 Å². The third-order valence-electron chi connectivity index (χ3n) is 2.23. The van der Waals surface area contributed by atoms with Crippen molar-refractivity contribution in [2.75, 3.05) is 25.5 Å². The zero-order valence-corrected chi connectivity index (χ0v) is 8.82. The Bertz CT molecular complexity index is 121. The van der Waals surface area contributed by atoms with Gasteiger partial charge >= 0.3 is 0 Å². The fourth-order valence-corrected chi connectivity index (χ4v) is 2.69. The highest BCUT2D eigenvalue weighted by Crippen LogP contribution is 2.25. The molecule has 2 atom stereocenters. The van der Waals surface area contributed by atoms with Gasteiger partial charge in [0.25, 0.3) is 0 Å². The molecule has 72 valence electrons. The van der Waals surface area contributed by atoms with Crippen LogP contribution in [0.3, 0.4) is 0 Å². The SMILES string of the molecule is CCOCCNC1CCSC1C. The van der Waals surface area contributed by atoms with Gasteiger partial charge in [-0.05, 0) is 19.1 Å². The highest BCUT2D eigenvalue weighted by Gasteiger charge is 2.22. The van der Waals surface area contributed by atoms with E-state index in [2.05, 4.69) is 24.0 Å². The van der Waals surface area contributed by atoms with Crippen molar-refractivity contribution in [3.63, 3.8) is 0 Å². The quantitative estimate of drug-likeness (QED) is 0.662. The normalized spacial score (nSPS) is 29.5. The van der Waals surface area contributed by atoms with Crippen LogP contribution in [-0.4, -0.2) is 36.8 Å². The summed E-state index contributed by atoms with van der Waals surface area (Å²) >= 11 is 2.07. The van der Waals surface area contributed by atoms with Gasteiger partial charge in [0.1, 0.15) is 0 Å². The molecule has 1 rings (SSSR count). The van der Waals surface area contributed by atoms with Gasteiger partial charge in [-0.1, -0.05) is 6.92 Å². The fourth-order valence-electron chi connectivity index (χ4n) is 1.46. The third kappa shape index (κ3) is 3.33. The Morgan fingerprint density at radius 1 is 1.58 bits per heavy atom. The molecular formula is C9H19NOS. The van der Waals surface area contributed by atoms with E-state index in [9.17, 15) is 0 Å². The maximum Gasteiger partial charge on any atom is 0.0590 e. The number of nitrogens with one attached hydrogen (secondary N) is 1. The predicted molar refractivity (Wildman–Crippen MR) is 54.8 cm³/mol. The van der Waals surface area contributed by atoms with Crippen LogP contribution >= 0.6 is 11.8 Å². The van der Waals surface area contributed by atoms with E-state index in [1.165, 1.54) is 12.2 Å². The molecule has 0 spiro atoms. The molecule has 1 aliphatic heterocycles. The van der Waals surface area contributed by atoms with Gasteiger partial charge in [0, 0.05) is 24.4 Å². The van der Waals surface area contributed by atoms with Crippen molar-refractivity contribution >= 4 is 11.8 Å². The standard InChI is InChI=1S/C9H19NOS/c1-3-11-6-5-10-9-4-7-12-8(9)2/h8-10H,3-7H2,1-2H3. The second kappa shape index (κ2) is 5.84. The molecule has 1 heterocycles. The van der Waals surface area contributed by atoms with Crippen LogP contribution in [-0.2, 0) is 4.74 Å². The van der Waals surface area contributed by atoms with E-state index >= 15 is 0 Å². The summed E-state index contributed by atoms with van der Waals surface area (Å²) in [5, 5.41) is 4.30.